The molecular weight excluding hydrogens is 232 g/mol. The van der Waals surface area contributed by atoms with Crippen molar-refractivity contribution in [2.24, 2.45) is 0 Å². The van der Waals surface area contributed by atoms with Crippen LogP contribution in [0.2, 0.25) is 0 Å². The second-order valence-electron chi connectivity index (χ2n) is 4.36. The highest BCUT2D eigenvalue weighted by molar-refractivity contribution is 5.44. The van der Waals surface area contributed by atoms with Crippen molar-refractivity contribution in [1.29, 1.82) is 0 Å². The van der Waals surface area contributed by atoms with Crippen molar-refractivity contribution in [1.82, 2.24) is 15.0 Å². The maximum absolute atomic E-state index is 5.44. The summed E-state index contributed by atoms with van der Waals surface area (Å²) in [4.78, 5) is 17.2. The standard InChI is InChI=1S/C11H20N6O/c1-12-9-13-10(16(2)3)15-11(14-9)17-5-4-7-18-8-6-17/h4-8H2,1-3H3,(H,12,13,14,15). The summed E-state index contributed by atoms with van der Waals surface area (Å²) in [5.74, 6) is 1.96. The van der Waals surface area contributed by atoms with Crippen LogP contribution in [0.25, 0.3) is 0 Å². The molecule has 0 aliphatic carbocycles. The number of aromatic nitrogens is 3. The Bertz CT molecular complexity index is 389. The van der Waals surface area contributed by atoms with Gasteiger partial charge in [-0.25, -0.2) is 0 Å². The number of hydrogen-bond acceptors (Lipinski definition) is 7. The van der Waals surface area contributed by atoms with E-state index in [1.165, 1.54) is 0 Å². The Labute approximate surface area is 107 Å². The van der Waals surface area contributed by atoms with Crippen LogP contribution >= 0.6 is 0 Å². The lowest BCUT2D eigenvalue weighted by Gasteiger charge is -2.21. The van der Waals surface area contributed by atoms with Crippen molar-refractivity contribution in [2.45, 2.75) is 6.42 Å². The minimum Gasteiger partial charge on any atom is -0.380 e. The van der Waals surface area contributed by atoms with Gasteiger partial charge in [-0.1, -0.05) is 0 Å². The van der Waals surface area contributed by atoms with Crippen LogP contribution in [0.4, 0.5) is 17.8 Å². The van der Waals surface area contributed by atoms with E-state index in [9.17, 15) is 0 Å². The molecule has 0 unspecified atom stereocenters. The lowest BCUT2D eigenvalue weighted by molar-refractivity contribution is 0.152. The fourth-order valence-corrected chi connectivity index (χ4v) is 1.75. The summed E-state index contributed by atoms with van der Waals surface area (Å²) in [5.41, 5.74) is 0. The third kappa shape index (κ3) is 2.98. The predicted octanol–water partition coefficient (Wildman–Crippen LogP) is 0.206. The summed E-state index contributed by atoms with van der Waals surface area (Å²) in [5, 5.41) is 2.97. The average molecular weight is 252 g/mol. The molecule has 1 aromatic heterocycles. The van der Waals surface area contributed by atoms with E-state index >= 15 is 0 Å². The van der Waals surface area contributed by atoms with Crippen LogP contribution in [-0.2, 0) is 4.74 Å². The van der Waals surface area contributed by atoms with Crippen LogP contribution in [0.1, 0.15) is 6.42 Å². The molecule has 0 aromatic carbocycles. The zero-order valence-electron chi connectivity index (χ0n) is 11.2. The van der Waals surface area contributed by atoms with Gasteiger partial charge in [-0.05, 0) is 6.42 Å². The molecule has 2 heterocycles. The number of rotatable bonds is 3. The van der Waals surface area contributed by atoms with Gasteiger partial charge in [-0.2, -0.15) is 15.0 Å². The average Bonchev–Trinajstić information content (AvgIpc) is 2.67. The van der Waals surface area contributed by atoms with E-state index in [1.54, 1.807) is 0 Å². The molecule has 1 aliphatic rings. The van der Waals surface area contributed by atoms with Crippen LogP contribution < -0.4 is 15.1 Å². The molecule has 7 heteroatoms. The van der Waals surface area contributed by atoms with Gasteiger partial charge < -0.3 is 19.9 Å². The highest BCUT2D eigenvalue weighted by Gasteiger charge is 2.15. The van der Waals surface area contributed by atoms with Gasteiger partial charge in [-0.15, -0.1) is 0 Å². The summed E-state index contributed by atoms with van der Waals surface area (Å²) in [6.07, 6.45) is 0.998. The summed E-state index contributed by atoms with van der Waals surface area (Å²) < 4.78 is 5.44. The van der Waals surface area contributed by atoms with E-state index in [0.29, 0.717) is 17.8 Å². The molecule has 2 rings (SSSR count). The maximum atomic E-state index is 5.44. The van der Waals surface area contributed by atoms with E-state index in [-0.39, 0.29) is 0 Å². The molecular formula is C11H20N6O. The summed E-state index contributed by atoms with van der Waals surface area (Å²) >= 11 is 0. The SMILES string of the molecule is CNc1nc(N(C)C)nc(N2CCCOCC2)n1. The highest BCUT2D eigenvalue weighted by atomic mass is 16.5. The molecule has 0 amide bonds. The Morgan fingerprint density at radius 3 is 2.72 bits per heavy atom. The molecule has 1 aliphatic heterocycles. The third-order valence-electron chi connectivity index (χ3n) is 2.74. The summed E-state index contributed by atoms with van der Waals surface area (Å²) in [6.45, 7) is 3.26. The second-order valence-corrected chi connectivity index (χ2v) is 4.36. The fraction of sp³-hybridized carbons (Fsp3) is 0.727. The zero-order chi connectivity index (χ0) is 13.0. The molecule has 7 nitrogen and oxygen atoms in total. The lowest BCUT2D eigenvalue weighted by atomic mass is 10.4. The molecule has 0 radical (unpaired) electrons. The van der Waals surface area contributed by atoms with Crippen LogP contribution in [0.3, 0.4) is 0 Å². The molecule has 100 valence electrons. The van der Waals surface area contributed by atoms with Crippen molar-refractivity contribution in [3.63, 3.8) is 0 Å². The summed E-state index contributed by atoms with van der Waals surface area (Å²) in [7, 11) is 5.65. The monoisotopic (exact) mass is 252 g/mol. The minimum absolute atomic E-state index is 0.592. The molecule has 0 saturated carbocycles. The molecule has 0 bridgehead atoms. The number of nitrogens with zero attached hydrogens (tertiary/aromatic N) is 5. The maximum Gasteiger partial charge on any atom is 0.232 e. The van der Waals surface area contributed by atoms with Gasteiger partial charge in [0.1, 0.15) is 0 Å². The molecule has 1 aromatic rings. The number of ether oxygens (including phenoxy) is 1. The van der Waals surface area contributed by atoms with E-state index in [2.05, 4.69) is 25.2 Å². The fourth-order valence-electron chi connectivity index (χ4n) is 1.75. The largest absolute Gasteiger partial charge is 0.380 e. The van der Waals surface area contributed by atoms with Gasteiger partial charge in [-0.3, -0.25) is 0 Å². The third-order valence-corrected chi connectivity index (χ3v) is 2.74. The minimum atomic E-state index is 0.592. The normalized spacial score (nSPS) is 16.3. The Morgan fingerprint density at radius 1 is 1.17 bits per heavy atom. The zero-order valence-corrected chi connectivity index (χ0v) is 11.2. The van der Waals surface area contributed by atoms with Crippen molar-refractivity contribution in [2.75, 3.05) is 62.6 Å². The quantitative estimate of drug-likeness (QED) is 0.824. The predicted molar refractivity (Wildman–Crippen MR) is 71.3 cm³/mol. The van der Waals surface area contributed by atoms with Gasteiger partial charge in [0.25, 0.3) is 0 Å². The van der Waals surface area contributed by atoms with Gasteiger partial charge in [0.15, 0.2) is 0 Å². The Hall–Kier alpha value is -1.63. The lowest BCUT2D eigenvalue weighted by Crippen LogP contribution is -2.29. The van der Waals surface area contributed by atoms with Crippen molar-refractivity contribution >= 4 is 17.8 Å². The molecule has 18 heavy (non-hydrogen) atoms. The molecule has 0 atom stereocenters. The van der Waals surface area contributed by atoms with Crippen LogP contribution in [0.5, 0.6) is 0 Å². The topological polar surface area (TPSA) is 66.4 Å². The van der Waals surface area contributed by atoms with Crippen molar-refractivity contribution < 1.29 is 4.74 Å². The smallest absolute Gasteiger partial charge is 0.232 e. The van der Waals surface area contributed by atoms with Gasteiger partial charge >= 0.3 is 0 Å². The van der Waals surface area contributed by atoms with Gasteiger partial charge in [0.2, 0.25) is 17.8 Å². The van der Waals surface area contributed by atoms with Crippen LogP contribution in [0.15, 0.2) is 0 Å². The Morgan fingerprint density at radius 2 is 2.00 bits per heavy atom. The number of hydrogen-bond donors (Lipinski definition) is 1. The van der Waals surface area contributed by atoms with Gasteiger partial charge in [0, 0.05) is 40.8 Å². The van der Waals surface area contributed by atoms with Gasteiger partial charge in [0.05, 0.1) is 6.61 Å². The Balaban J connectivity index is 2.27. The first-order valence-corrected chi connectivity index (χ1v) is 6.14. The number of nitrogens with one attached hydrogen (secondary N) is 1. The Kier molecular flexibility index (Phi) is 4.14. The first-order valence-electron chi connectivity index (χ1n) is 6.14. The first kappa shape index (κ1) is 12.8. The molecule has 1 fully saturated rings. The molecule has 1 N–H and O–H groups in total. The molecule has 1 saturated heterocycles. The van der Waals surface area contributed by atoms with E-state index in [1.807, 2.05) is 26.0 Å². The molecule has 0 spiro atoms. The van der Waals surface area contributed by atoms with E-state index in [0.717, 1.165) is 32.7 Å². The number of anilines is 3. The summed E-state index contributed by atoms with van der Waals surface area (Å²) in [6, 6.07) is 0. The highest BCUT2D eigenvalue weighted by Crippen LogP contribution is 2.16. The second kappa shape index (κ2) is 5.81. The van der Waals surface area contributed by atoms with Crippen molar-refractivity contribution in [3.05, 3.63) is 0 Å². The van der Waals surface area contributed by atoms with Crippen LogP contribution in [0, 0.1) is 0 Å². The van der Waals surface area contributed by atoms with Crippen molar-refractivity contribution in [3.8, 4) is 0 Å². The van der Waals surface area contributed by atoms with E-state index in [4.69, 9.17) is 4.74 Å². The van der Waals surface area contributed by atoms with E-state index < -0.39 is 0 Å². The first-order chi connectivity index (χ1) is 8.70. The van der Waals surface area contributed by atoms with Crippen LogP contribution in [-0.4, -0.2) is 62.4 Å².